The van der Waals surface area contributed by atoms with Gasteiger partial charge in [-0.15, -0.1) is 0 Å². The standard InChI is InChI=1S/C23H25FN6O3/c1-12-4-16(28-32-12)7-27-22-17-5-15-6-23(9-25-11-26-10-23)21-14(3)31-13(2)8-30(21)19(15)18(24)20(17)33-29-22/h4-5,9-10,13-14,21H,6-8,11H2,1-3H3,(H,27,29)/t13-,14+,21-/m0/s1. The highest BCUT2D eigenvalue weighted by Crippen LogP contribution is 2.47. The predicted octanol–water partition coefficient (Wildman–Crippen LogP) is 3.51. The Balaban J connectivity index is 1.45. The SMILES string of the molecule is Cc1cc(CNc2noc3c(F)c4c(cc23)CC2(C=NCN=C2)[C@@H]2[C@@H](C)O[C@@H](C)CN42)no1. The zero-order valence-corrected chi connectivity index (χ0v) is 18.7. The number of aliphatic imine (C=N–C) groups is 2. The molecule has 0 aliphatic carbocycles. The van der Waals surface area contributed by atoms with Crippen LogP contribution in [0.25, 0.3) is 11.0 Å². The van der Waals surface area contributed by atoms with E-state index in [0.717, 1.165) is 17.0 Å². The van der Waals surface area contributed by atoms with Crippen LogP contribution in [-0.4, -0.2) is 54.2 Å². The van der Waals surface area contributed by atoms with Gasteiger partial charge in [-0.2, -0.15) is 0 Å². The maximum atomic E-state index is 16.0. The van der Waals surface area contributed by atoms with Crippen LogP contribution in [-0.2, 0) is 17.7 Å². The van der Waals surface area contributed by atoms with Gasteiger partial charge in [-0.05, 0) is 38.8 Å². The summed E-state index contributed by atoms with van der Waals surface area (Å²) in [6, 6.07) is 3.70. The Morgan fingerprint density at radius 1 is 1.18 bits per heavy atom. The summed E-state index contributed by atoms with van der Waals surface area (Å²) in [5.41, 5.74) is 1.84. The highest BCUT2D eigenvalue weighted by molar-refractivity contribution is 5.97. The van der Waals surface area contributed by atoms with Crippen molar-refractivity contribution >= 4 is 34.9 Å². The lowest BCUT2D eigenvalue weighted by molar-refractivity contribution is -0.0432. The predicted molar refractivity (Wildman–Crippen MR) is 122 cm³/mol. The van der Waals surface area contributed by atoms with Crippen molar-refractivity contribution in [1.82, 2.24) is 10.3 Å². The van der Waals surface area contributed by atoms with Gasteiger partial charge in [0.05, 0.1) is 41.3 Å². The summed E-state index contributed by atoms with van der Waals surface area (Å²) in [5.74, 6) is 0.797. The number of aryl methyl sites for hydroxylation is 1. The summed E-state index contributed by atoms with van der Waals surface area (Å²) in [6.07, 6.45) is 4.35. The van der Waals surface area contributed by atoms with E-state index in [4.69, 9.17) is 13.8 Å². The van der Waals surface area contributed by atoms with Gasteiger partial charge in [0.25, 0.3) is 0 Å². The Morgan fingerprint density at radius 2 is 2.00 bits per heavy atom. The van der Waals surface area contributed by atoms with Crippen molar-refractivity contribution < 1.29 is 18.2 Å². The molecule has 0 bridgehead atoms. The molecule has 1 aromatic carbocycles. The lowest BCUT2D eigenvalue weighted by atomic mass is 9.69. The molecule has 3 atom stereocenters. The molecule has 1 saturated heterocycles. The molecule has 10 heteroatoms. The van der Waals surface area contributed by atoms with Gasteiger partial charge in [-0.1, -0.05) is 10.3 Å². The lowest BCUT2D eigenvalue weighted by Crippen LogP contribution is -2.65. The Morgan fingerprint density at radius 3 is 2.76 bits per heavy atom. The Kier molecular flexibility index (Phi) is 4.55. The molecule has 1 N–H and O–H groups in total. The van der Waals surface area contributed by atoms with Crippen molar-refractivity contribution in [2.24, 2.45) is 15.4 Å². The van der Waals surface area contributed by atoms with E-state index in [-0.39, 0.29) is 23.8 Å². The Labute approximate surface area is 189 Å². The smallest absolute Gasteiger partial charge is 0.206 e. The van der Waals surface area contributed by atoms with Gasteiger partial charge in [-0.3, -0.25) is 9.98 Å². The largest absolute Gasteiger partial charge is 0.372 e. The fourth-order valence-electron chi connectivity index (χ4n) is 5.59. The average Bonchev–Trinajstić information content (AvgIpc) is 3.38. The van der Waals surface area contributed by atoms with E-state index < -0.39 is 11.2 Å². The maximum Gasteiger partial charge on any atom is 0.206 e. The van der Waals surface area contributed by atoms with Crippen molar-refractivity contribution in [2.45, 2.75) is 52.0 Å². The number of fused-ring (bicyclic) bond motifs is 5. The summed E-state index contributed by atoms with van der Waals surface area (Å²) in [4.78, 5) is 11.1. The van der Waals surface area contributed by atoms with Crippen LogP contribution < -0.4 is 10.2 Å². The number of anilines is 2. The highest BCUT2D eigenvalue weighted by Gasteiger charge is 2.52. The summed E-state index contributed by atoms with van der Waals surface area (Å²) in [5, 5.41) is 11.9. The maximum absolute atomic E-state index is 16.0. The van der Waals surface area contributed by atoms with E-state index >= 15 is 4.39 Å². The number of hydrogen-bond donors (Lipinski definition) is 1. The minimum Gasteiger partial charge on any atom is -0.372 e. The molecule has 9 nitrogen and oxygen atoms in total. The molecule has 33 heavy (non-hydrogen) atoms. The van der Waals surface area contributed by atoms with Gasteiger partial charge in [0.2, 0.25) is 5.58 Å². The van der Waals surface area contributed by atoms with Crippen molar-refractivity contribution in [1.29, 1.82) is 0 Å². The van der Waals surface area contributed by atoms with E-state index in [2.05, 4.69) is 30.5 Å². The quantitative estimate of drug-likeness (QED) is 0.649. The average molecular weight is 452 g/mol. The molecule has 6 rings (SSSR count). The molecule has 3 aliphatic rings. The molecule has 2 aromatic heterocycles. The normalized spacial score (nSPS) is 25.5. The minimum absolute atomic E-state index is 0.0373. The first-order valence-electron chi connectivity index (χ1n) is 11.2. The zero-order valence-electron chi connectivity index (χ0n) is 18.7. The third kappa shape index (κ3) is 3.15. The van der Waals surface area contributed by atoms with Gasteiger partial charge in [0.15, 0.2) is 11.6 Å². The molecule has 0 radical (unpaired) electrons. The van der Waals surface area contributed by atoms with Gasteiger partial charge >= 0.3 is 0 Å². The Bertz CT molecular complexity index is 1270. The van der Waals surface area contributed by atoms with Gasteiger partial charge in [0, 0.05) is 25.0 Å². The summed E-state index contributed by atoms with van der Waals surface area (Å²) < 4.78 is 32.7. The van der Waals surface area contributed by atoms with Crippen molar-refractivity contribution in [3.05, 3.63) is 35.0 Å². The first-order valence-corrected chi connectivity index (χ1v) is 11.2. The molecule has 1 fully saturated rings. The number of morpholine rings is 1. The number of halogens is 1. The van der Waals surface area contributed by atoms with E-state index in [9.17, 15) is 0 Å². The van der Waals surface area contributed by atoms with Crippen LogP contribution in [0.3, 0.4) is 0 Å². The van der Waals surface area contributed by atoms with Gasteiger partial charge in [-0.25, -0.2) is 4.39 Å². The molecule has 0 amide bonds. The van der Waals surface area contributed by atoms with Gasteiger partial charge < -0.3 is 24.0 Å². The van der Waals surface area contributed by atoms with Crippen LogP contribution in [0.5, 0.6) is 0 Å². The fourth-order valence-corrected chi connectivity index (χ4v) is 5.59. The molecule has 3 aromatic rings. The topological polar surface area (TPSA) is 101 Å². The summed E-state index contributed by atoms with van der Waals surface area (Å²) >= 11 is 0. The van der Waals surface area contributed by atoms with Crippen molar-refractivity contribution in [2.75, 3.05) is 23.4 Å². The highest BCUT2D eigenvalue weighted by atomic mass is 19.1. The van der Waals surface area contributed by atoms with Crippen LogP contribution in [0.4, 0.5) is 15.9 Å². The second kappa shape index (κ2) is 7.38. The minimum atomic E-state index is -0.464. The molecule has 5 heterocycles. The number of benzene rings is 1. The number of nitrogens with one attached hydrogen (secondary N) is 1. The molecular weight excluding hydrogens is 427 g/mol. The molecular formula is C23H25FN6O3. The lowest BCUT2D eigenvalue weighted by Gasteiger charge is -2.54. The van der Waals surface area contributed by atoms with Crippen LogP contribution in [0.15, 0.2) is 31.2 Å². The van der Waals surface area contributed by atoms with Crippen LogP contribution >= 0.6 is 0 Å². The first kappa shape index (κ1) is 20.3. The van der Waals surface area contributed by atoms with Crippen molar-refractivity contribution in [3.63, 3.8) is 0 Å². The molecule has 172 valence electrons. The summed E-state index contributed by atoms with van der Waals surface area (Å²) in [7, 11) is 0. The second-order valence-electron chi connectivity index (χ2n) is 9.19. The molecule has 0 saturated carbocycles. The first-order chi connectivity index (χ1) is 15.9. The number of ether oxygens (including phenoxy) is 1. The van der Waals surface area contributed by atoms with Crippen LogP contribution in [0.1, 0.15) is 30.9 Å². The third-order valence-corrected chi connectivity index (χ3v) is 6.71. The zero-order chi connectivity index (χ0) is 22.7. The monoisotopic (exact) mass is 452 g/mol. The number of nitrogens with zero attached hydrogens (tertiary/aromatic N) is 5. The molecule has 3 aliphatic heterocycles. The second-order valence-corrected chi connectivity index (χ2v) is 9.19. The third-order valence-electron chi connectivity index (χ3n) is 6.71. The molecule has 0 unspecified atom stereocenters. The number of rotatable bonds is 3. The van der Waals surface area contributed by atoms with E-state index in [1.807, 2.05) is 45.3 Å². The molecule has 1 spiro atoms. The Hall–Kier alpha value is -3.27. The van der Waals surface area contributed by atoms with Crippen LogP contribution in [0.2, 0.25) is 0 Å². The fraction of sp³-hybridized carbons (Fsp3) is 0.478. The van der Waals surface area contributed by atoms with Crippen molar-refractivity contribution in [3.8, 4) is 0 Å². The van der Waals surface area contributed by atoms with Crippen LogP contribution in [0, 0.1) is 18.2 Å². The number of hydrogen-bond acceptors (Lipinski definition) is 9. The summed E-state index contributed by atoms with van der Waals surface area (Å²) in [6.45, 7) is 7.25. The number of aromatic nitrogens is 2. The van der Waals surface area contributed by atoms with Gasteiger partial charge in [0.1, 0.15) is 18.1 Å². The van der Waals surface area contributed by atoms with E-state index in [1.54, 1.807) is 0 Å². The van der Waals surface area contributed by atoms with E-state index in [1.165, 1.54) is 0 Å². The van der Waals surface area contributed by atoms with E-state index in [0.29, 0.717) is 43.1 Å².